The van der Waals surface area contributed by atoms with Crippen molar-refractivity contribution in [2.75, 3.05) is 7.05 Å². The predicted octanol–water partition coefficient (Wildman–Crippen LogP) is 4.78. The minimum atomic E-state index is 0.366. The Hall–Kier alpha value is -0.830. The molecule has 1 aliphatic rings. The van der Waals surface area contributed by atoms with Crippen molar-refractivity contribution in [2.24, 2.45) is 0 Å². The number of fused-ring (bicyclic) bond motifs is 1. The van der Waals surface area contributed by atoms with Gasteiger partial charge < -0.3 is 5.32 Å². The van der Waals surface area contributed by atoms with Gasteiger partial charge in [-0.3, -0.25) is 0 Å². The van der Waals surface area contributed by atoms with Crippen LogP contribution in [-0.2, 0) is 19.3 Å². The molecule has 0 saturated heterocycles. The fraction of sp³-hybridized carbons (Fsp3) is 0.412. The third kappa shape index (κ3) is 2.93. The summed E-state index contributed by atoms with van der Waals surface area (Å²) in [5.41, 5.74) is 2.80. The lowest BCUT2D eigenvalue weighted by Gasteiger charge is -2.15. The van der Waals surface area contributed by atoms with Gasteiger partial charge in [0.25, 0.3) is 0 Å². The topological polar surface area (TPSA) is 12.0 Å². The van der Waals surface area contributed by atoms with Gasteiger partial charge in [-0.25, -0.2) is 0 Å². The highest BCUT2D eigenvalue weighted by Crippen LogP contribution is 2.34. The number of halogens is 1. The fourth-order valence-corrected chi connectivity index (χ4v) is 4.49. The molecule has 0 amide bonds. The van der Waals surface area contributed by atoms with E-state index >= 15 is 0 Å². The van der Waals surface area contributed by atoms with Crippen LogP contribution in [0.4, 0.5) is 0 Å². The van der Waals surface area contributed by atoms with E-state index in [9.17, 15) is 0 Å². The Balaban J connectivity index is 1.83. The van der Waals surface area contributed by atoms with Crippen LogP contribution in [0.15, 0.2) is 30.3 Å². The Bertz CT molecular complexity index is 567. The zero-order valence-corrected chi connectivity index (χ0v) is 13.4. The van der Waals surface area contributed by atoms with Crippen LogP contribution >= 0.6 is 22.9 Å². The second kappa shape index (κ2) is 6.30. The summed E-state index contributed by atoms with van der Waals surface area (Å²) in [5, 5.41) is 4.32. The van der Waals surface area contributed by atoms with Crippen molar-refractivity contribution in [1.29, 1.82) is 0 Å². The van der Waals surface area contributed by atoms with Crippen LogP contribution < -0.4 is 5.32 Å². The third-order valence-corrected chi connectivity index (χ3v) is 5.81. The van der Waals surface area contributed by atoms with Crippen LogP contribution in [0.3, 0.4) is 0 Å². The third-order valence-electron chi connectivity index (χ3n) is 4.09. The summed E-state index contributed by atoms with van der Waals surface area (Å²) in [6.45, 7) is 0. The van der Waals surface area contributed by atoms with Crippen molar-refractivity contribution in [3.8, 4) is 0 Å². The SMILES string of the molecule is CNC(Cc1ccccc1Cl)c1cc2c(s1)CCCC2. The Morgan fingerprint density at radius 1 is 1.25 bits per heavy atom. The lowest BCUT2D eigenvalue weighted by atomic mass is 9.98. The largest absolute Gasteiger partial charge is 0.312 e. The molecule has 0 fully saturated rings. The van der Waals surface area contributed by atoms with E-state index in [2.05, 4.69) is 23.5 Å². The van der Waals surface area contributed by atoms with Gasteiger partial charge in [0.1, 0.15) is 0 Å². The molecular weight excluding hydrogens is 286 g/mol. The molecule has 2 aromatic rings. The summed E-state index contributed by atoms with van der Waals surface area (Å²) in [6.07, 6.45) is 6.17. The number of aryl methyl sites for hydroxylation is 2. The van der Waals surface area contributed by atoms with Gasteiger partial charge >= 0.3 is 0 Å². The van der Waals surface area contributed by atoms with Gasteiger partial charge in [-0.2, -0.15) is 0 Å². The molecule has 1 aliphatic carbocycles. The number of hydrogen-bond donors (Lipinski definition) is 1. The van der Waals surface area contributed by atoms with Gasteiger partial charge in [-0.05, 0) is 62.4 Å². The summed E-state index contributed by atoms with van der Waals surface area (Å²) >= 11 is 8.28. The highest BCUT2D eigenvalue weighted by molar-refractivity contribution is 7.12. The minimum absolute atomic E-state index is 0.366. The molecule has 0 radical (unpaired) electrons. The van der Waals surface area contributed by atoms with Gasteiger partial charge in [-0.1, -0.05) is 29.8 Å². The normalized spacial score (nSPS) is 15.9. The molecule has 1 heterocycles. The molecule has 1 nitrogen and oxygen atoms in total. The molecule has 20 heavy (non-hydrogen) atoms. The van der Waals surface area contributed by atoms with Crippen molar-refractivity contribution in [3.05, 3.63) is 56.2 Å². The Morgan fingerprint density at radius 2 is 2.05 bits per heavy atom. The molecule has 1 aromatic carbocycles. The molecule has 106 valence electrons. The van der Waals surface area contributed by atoms with Crippen LogP contribution in [0.25, 0.3) is 0 Å². The average Bonchev–Trinajstić information content (AvgIpc) is 2.90. The Morgan fingerprint density at radius 3 is 2.80 bits per heavy atom. The number of rotatable bonds is 4. The second-order valence-corrected chi connectivity index (χ2v) is 7.02. The van der Waals surface area contributed by atoms with Gasteiger partial charge in [0.15, 0.2) is 0 Å². The van der Waals surface area contributed by atoms with Crippen LogP contribution in [0.2, 0.25) is 5.02 Å². The number of benzene rings is 1. The summed E-state index contributed by atoms with van der Waals surface area (Å²) in [6, 6.07) is 10.9. The summed E-state index contributed by atoms with van der Waals surface area (Å²) in [7, 11) is 2.04. The second-order valence-electron chi connectivity index (χ2n) is 5.44. The van der Waals surface area contributed by atoms with E-state index in [1.54, 1.807) is 10.4 Å². The monoisotopic (exact) mass is 305 g/mol. The predicted molar refractivity (Wildman–Crippen MR) is 87.9 cm³/mol. The van der Waals surface area contributed by atoms with E-state index in [4.69, 9.17) is 11.6 Å². The number of thiophene rings is 1. The molecule has 0 aliphatic heterocycles. The number of hydrogen-bond acceptors (Lipinski definition) is 2. The van der Waals surface area contributed by atoms with Gasteiger partial charge in [-0.15, -0.1) is 11.3 Å². The van der Waals surface area contributed by atoms with Crippen molar-refractivity contribution in [3.63, 3.8) is 0 Å². The van der Waals surface area contributed by atoms with Crippen LogP contribution in [0.5, 0.6) is 0 Å². The standard InChI is InChI=1S/C17H20ClNS/c1-19-15(10-12-6-2-4-8-14(12)18)17-11-13-7-3-5-9-16(13)20-17/h2,4,6,8,11,15,19H,3,5,7,9-10H2,1H3. The van der Waals surface area contributed by atoms with Gasteiger partial charge in [0, 0.05) is 20.8 Å². The van der Waals surface area contributed by atoms with Crippen LogP contribution in [0.1, 0.15) is 39.8 Å². The lowest BCUT2D eigenvalue weighted by Crippen LogP contribution is -2.17. The Kier molecular flexibility index (Phi) is 4.45. The molecule has 0 saturated carbocycles. The molecule has 1 aromatic heterocycles. The van der Waals surface area contributed by atoms with Crippen LogP contribution in [0, 0.1) is 0 Å². The molecule has 0 bridgehead atoms. The van der Waals surface area contributed by atoms with E-state index in [1.165, 1.54) is 36.1 Å². The molecule has 0 spiro atoms. The first kappa shape index (κ1) is 14.1. The summed E-state index contributed by atoms with van der Waals surface area (Å²) in [4.78, 5) is 3.06. The minimum Gasteiger partial charge on any atom is -0.312 e. The summed E-state index contributed by atoms with van der Waals surface area (Å²) < 4.78 is 0. The summed E-state index contributed by atoms with van der Waals surface area (Å²) in [5.74, 6) is 0. The quantitative estimate of drug-likeness (QED) is 0.857. The van der Waals surface area contributed by atoms with Gasteiger partial charge in [0.2, 0.25) is 0 Å². The number of likely N-dealkylation sites (N-methyl/N-ethyl adjacent to an activating group) is 1. The number of nitrogens with one attached hydrogen (secondary N) is 1. The first-order chi connectivity index (χ1) is 9.78. The fourth-order valence-electron chi connectivity index (χ4n) is 2.91. The smallest absolute Gasteiger partial charge is 0.0453 e. The van der Waals surface area contributed by atoms with E-state index in [-0.39, 0.29) is 0 Å². The van der Waals surface area contributed by atoms with E-state index in [0.717, 1.165) is 11.4 Å². The maximum atomic E-state index is 6.29. The molecule has 3 heteroatoms. The molecule has 1 N–H and O–H groups in total. The van der Waals surface area contributed by atoms with Crippen molar-refractivity contribution >= 4 is 22.9 Å². The molecule has 1 atom stereocenters. The zero-order valence-electron chi connectivity index (χ0n) is 11.8. The highest BCUT2D eigenvalue weighted by Gasteiger charge is 2.19. The molecule has 3 rings (SSSR count). The van der Waals surface area contributed by atoms with Crippen molar-refractivity contribution in [1.82, 2.24) is 5.32 Å². The lowest BCUT2D eigenvalue weighted by molar-refractivity contribution is 0.601. The average molecular weight is 306 g/mol. The maximum Gasteiger partial charge on any atom is 0.0453 e. The van der Waals surface area contributed by atoms with E-state index < -0.39 is 0 Å². The molecular formula is C17H20ClNS. The Labute approximate surface area is 130 Å². The zero-order chi connectivity index (χ0) is 13.9. The van der Waals surface area contributed by atoms with Crippen molar-refractivity contribution < 1.29 is 0 Å². The first-order valence-corrected chi connectivity index (χ1v) is 8.49. The molecule has 1 unspecified atom stereocenters. The van der Waals surface area contributed by atoms with E-state index in [0.29, 0.717) is 6.04 Å². The first-order valence-electron chi connectivity index (χ1n) is 7.30. The van der Waals surface area contributed by atoms with Crippen molar-refractivity contribution in [2.45, 2.75) is 38.1 Å². The van der Waals surface area contributed by atoms with Gasteiger partial charge in [0.05, 0.1) is 0 Å². The highest BCUT2D eigenvalue weighted by atomic mass is 35.5. The van der Waals surface area contributed by atoms with E-state index in [1.807, 2.05) is 30.5 Å². The van der Waals surface area contributed by atoms with Crippen LogP contribution in [-0.4, -0.2) is 7.05 Å². The maximum absolute atomic E-state index is 6.29.